The van der Waals surface area contributed by atoms with E-state index >= 15 is 0 Å². The lowest BCUT2D eigenvalue weighted by atomic mass is 9.98. The second-order valence-electron chi connectivity index (χ2n) is 6.12. The van der Waals surface area contributed by atoms with Crippen LogP contribution in [0.5, 0.6) is 5.75 Å². The highest BCUT2D eigenvalue weighted by molar-refractivity contribution is 7.91. The quantitative estimate of drug-likeness (QED) is 0.629. The Morgan fingerprint density at radius 3 is 2.38 bits per heavy atom. The van der Waals surface area contributed by atoms with E-state index < -0.39 is 34.1 Å². The third kappa shape index (κ3) is 4.28. The van der Waals surface area contributed by atoms with Crippen LogP contribution >= 0.6 is 0 Å². The maximum Gasteiger partial charge on any atom is 0.435 e. The third-order valence-corrected chi connectivity index (χ3v) is 5.97. The Hall–Kier alpha value is -2.85. The molecule has 0 aliphatic rings. The minimum atomic E-state index is -4.70. The number of methoxy groups -OCH3 is 1. The van der Waals surface area contributed by atoms with Crippen LogP contribution in [0.3, 0.4) is 0 Å². The Bertz CT molecular complexity index is 1110. The Morgan fingerprint density at radius 1 is 1.10 bits per heavy atom. The Morgan fingerprint density at radius 2 is 1.79 bits per heavy atom. The van der Waals surface area contributed by atoms with Crippen LogP contribution in [0.4, 0.5) is 13.2 Å². The van der Waals surface area contributed by atoms with Crippen LogP contribution < -0.4 is 4.74 Å². The highest BCUT2D eigenvalue weighted by Crippen LogP contribution is 2.41. The molecule has 0 spiro atoms. The maximum atomic E-state index is 13.5. The number of aromatic nitrogens is 2. The summed E-state index contributed by atoms with van der Waals surface area (Å²) < 4.78 is 69.8. The van der Waals surface area contributed by atoms with E-state index in [0.717, 1.165) is 0 Å². The van der Waals surface area contributed by atoms with Crippen molar-refractivity contribution in [3.63, 3.8) is 0 Å². The lowest BCUT2D eigenvalue weighted by Gasteiger charge is -2.11. The molecule has 2 aromatic carbocycles. The zero-order valence-corrected chi connectivity index (χ0v) is 16.0. The predicted molar refractivity (Wildman–Crippen MR) is 100 cm³/mol. The average Bonchev–Trinajstić information content (AvgIpc) is 3.14. The van der Waals surface area contributed by atoms with Crippen LogP contribution in [0.25, 0.3) is 22.4 Å². The molecule has 6 nitrogen and oxygen atoms in total. The first-order valence-corrected chi connectivity index (χ1v) is 10.1. The average molecular weight is 426 g/mol. The van der Waals surface area contributed by atoms with Crippen LogP contribution in [-0.4, -0.2) is 43.2 Å². The van der Waals surface area contributed by atoms with E-state index in [0.29, 0.717) is 11.3 Å². The van der Waals surface area contributed by atoms with Crippen LogP contribution in [-0.2, 0) is 16.0 Å². The van der Waals surface area contributed by atoms with Crippen molar-refractivity contribution in [2.75, 3.05) is 19.5 Å². The summed E-state index contributed by atoms with van der Waals surface area (Å²) in [5.41, 5.74) is -0.581. The van der Waals surface area contributed by atoms with Gasteiger partial charge in [-0.15, -0.1) is 0 Å². The summed E-state index contributed by atoms with van der Waals surface area (Å²) in [6, 6.07) is 11.5. The molecule has 154 valence electrons. The highest BCUT2D eigenvalue weighted by Gasteiger charge is 2.38. The summed E-state index contributed by atoms with van der Waals surface area (Å²) in [6.45, 7) is -0.528. The Balaban J connectivity index is 2.14. The van der Waals surface area contributed by atoms with Crippen molar-refractivity contribution in [2.24, 2.45) is 0 Å². The van der Waals surface area contributed by atoms with Gasteiger partial charge in [-0.05, 0) is 29.8 Å². The van der Waals surface area contributed by atoms with Gasteiger partial charge >= 0.3 is 6.18 Å². The SMILES string of the molecule is COc1cccc(-c2c(C(F)(F)F)n[nH]c2-c2ccc(S(=O)(=O)CCO)cc2)c1. The molecule has 1 aromatic heterocycles. The fourth-order valence-corrected chi connectivity index (χ4v) is 3.91. The number of H-pyrrole nitrogens is 1. The summed E-state index contributed by atoms with van der Waals surface area (Å²) in [7, 11) is -2.26. The van der Waals surface area contributed by atoms with Crippen LogP contribution in [0.2, 0.25) is 0 Å². The summed E-state index contributed by atoms with van der Waals surface area (Å²) in [5.74, 6) is -0.0582. The van der Waals surface area contributed by atoms with Gasteiger partial charge in [0.05, 0.1) is 30.1 Å². The van der Waals surface area contributed by atoms with Crippen molar-refractivity contribution in [3.8, 4) is 28.1 Å². The highest BCUT2D eigenvalue weighted by atomic mass is 32.2. The first-order chi connectivity index (χ1) is 13.7. The van der Waals surface area contributed by atoms with Crippen molar-refractivity contribution in [1.29, 1.82) is 0 Å². The normalized spacial score (nSPS) is 12.2. The number of alkyl halides is 3. The first-order valence-electron chi connectivity index (χ1n) is 8.41. The molecule has 0 aliphatic carbocycles. The fourth-order valence-electron chi connectivity index (χ4n) is 2.88. The molecule has 0 saturated carbocycles. The van der Waals surface area contributed by atoms with E-state index in [1.807, 2.05) is 0 Å². The van der Waals surface area contributed by atoms with Crippen molar-refractivity contribution in [3.05, 3.63) is 54.2 Å². The molecule has 2 N–H and O–H groups in total. The van der Waals surface area contributed by atoms with Gasteiger partial charge in [-0.25, -0.2) is 8.42 Å². The van der Waals surface area contributed by atoms with E-state index in [1.54, 1.807) is 12.1 Å². The zero-order chi connectivity index (χ0) is 21.2. The number of halogens is 3. The largest absolute Gasteiger partial charge is 0.497 e. The molecule has 1 heterocycles. The molecule has 3 aromatic rings. The number of hydrogen-bond donors (Lipinski definition) is 2. The minimum Gasteiger partial charge on any atom is -0.497 e. The third-order valence-electron chi connectivity index (χ3n) is 4.26. The Kier molecular flexibility index (Phi) is 5.67. The van der Waals surface area contributed by atoms with Crippen molar-refractivity contribution in [2.45, 2.75) is 11.1 Å². The van der Waals surface area contributed by atoms with Crippen LogP contribution in [0.15, 0.2) is 53.4 Å². The van der Waals surface area contributed by atoms with E-state index in [9.17, 15) is 21.6 Å². The summed E-state index contributed by atoms with van der Waals surface area (Å²) in [6.07, 6.45) is -4.70. The molecule has 0 saturated heterocycles. The summed E-state index contributed by atoms with van der Waals surface area (Å²) in [4.78, 5) is -0.0335. The maximum absolute atomic E-state index is 13.5. The van der Waals surface area contributed by atoms with Gasteiger partial charge in [0.2, 0.25) is 0 Å². The van der Waals surface area contributed by atoms with Crippen molar-refractivity contribution >= 4 is 9.84 Å². The van der Waals surface area contributed by atoms with Crippen LogP contribution in [0, 0.1) is 0 Å². The van der Waals surface area contributed by atoms with Gasteiger partial charge in [-0.1, -0.05) is 24.3 Å². The van der Waals surface area contributed by atoms with E-state index in [-0.39, 0.29) is 21.7 Å². The molecule has 29 heavy (non-hydrogen) atoms. The fraction of sp³-hybridized carbons (Fsp3) is 0.211. The molecule has 0 atom stereocenters. The van der Waals surface area contributed by atoms with Crippen molar-refractivity contribution < 1.29 is 31.4 Å². The second kappa shape index (κ2) is 7.88. The number of nitrogens with one attached hydrogen (secondary N) is 1. The summed E-state index contributed by atoms with van der Waals surface area (Å²) >= 11 is 0. The number of aliphatic hydroxyl groups is 1. The van der Waals surface area contributed by atoms with Crippen molar-refractivity contribution in [1.82, 2.24) is 10.2 Å². The molecule has 3 rings (SSSR count). The molecule has 0 fully saturated rings. The standard InChI is InChI=1S/C19H17F3N2O4S/c1-28-14-4-2-3-13(11-14)16-17(23-24-18(16)19(20,21)22)12-5-7-15(8-6-12)29(26,27)10-9-25/h2-8,11,25H,9-10H2,1H3,(H,23,24). The number of ether oxygens (including phenoxy) is 1. The van der Waals surface area contributed by atoms with Gasteiger partial charge in [0.1, 0.15) is 5.75 Å². The smallest absolute Gasteiger partial charge is 0.435 e. The van der Waals surface area contributed by atoms with Crippen LogP contribution in [0.1, 0.15) is 5.69 Å². The lowest BCUT2D eigenvalue weighted by Crippen LogP contribution is -2.09. The molecule has 0 bridgehead atoms. The first kappa shape index (κ1) is 20.9. The second-order valence-corrected chi connectivity index (χ2v) is 8.23. The van der Waals surface area contributed by atoms with Gasteiger partial charge in [0.25, 0.3) is 0 Å². The number of nitrogens with zero attached hydrogens (tertiary/aromatic N) is 1. The molecular weight excluding hydrogens is 409 g/mol. The number of sulfone groups is 1. The topological polar surface area (TPSA) is 92.3 Å². The lowest BCUT2D eigenvalue weighted by molar-refractivity contribution is -0.140. The van der Waals surface area contributed by atoms with Gasteiger partial charge in [0.15, 0.2) is 15.5 Å². The van der Waals surface area contributed by atoms with Gasteiger partial charge in [-0.3, -0.25) is 5.10 Å². The molecule has 0 aliphatic heterocycles. The van der Waals surface area contributed by atoms with Gasteiger partial charge in [0, 0.05) is 11.1 Å². The summed E-state index contributed by atoms with van der Waals surface area (Å²) in [5, 5.41) is 14.7. The number of aromatic amines is 1. The minimum absolute atomic E-state index is 0.0335. The molecule has 10 heteroatoms. The number of rotatable bonds is 6. The number of hydrogen-bond acceptors (Lipinski definition) is 5. The molecule has 0 amide bonds. The van der Waals surface area contributed by atoms with E-state index in [4.69, 9.17) is 9.84 Å². The monoisotopic (exact) mass is 426 g/mol. The molecule has 0 radical (unpaired) electrons. The molecular formula is C19H17F3N2O4S. The zero-order valence-electron chi connectivity index (χ0n) is 15.2. The molecule has 0 unspecified atom stereocenters. The van der Waals surface area contributed by atoms with Gasteiger partial charge in [-0.2, -0.15) is 18.3 Å². The predicted octanol–water partition coefficient (Wildman–Crippen LogP) is 3.54. The number of benzene rings is 2. The van der Waals surface area contributed by atoms with Gasteiger partial charge < -0.3 is 9.84 Å². The number of aliphatic hydroxyl groups excluding tert-OH is 1. The Labute approximate surface area is 164 Å². The van der Waals surface area contributed by atoms with E-state index in [2.05, 4.69) is 10.2 Å². The van der Waals surface area contributed by atoms with E-state index in [1.165, 1.54) is 43.5 Å².